The molecule has 0 fully saturated rings. The number of sulfone groups is 2. The Hall–Kier alpha value is -4.94. The van der Waals surface area contributed by atoms with E-state index in [4.69, 9.17) is 37.0 Å². The Bertz CT molecular complexity index is 4160. The molecule has 8 rings (SSSR count). The van der Waals surface area contributed by atoms with E-state index in [0.717, 1.165) is 39.3 Å². The molecule has 0 amide bonds. The molecular weight excluding hydrogens is 1400 g/mol. The predicted octanol–water partition coefficient (Wildman–Crippen LogP) is 13.9. The van der Waals surface area contributed by atoms with E-state index in [-0.39, 0.29) is 93.9 Å². The van der Waals surface area contributed by atoms with E-state index in [2.05, 4.69) is 80.0 Å². The number of ether oxygens (including phenoxy) is 4. The van der Waals surface area contributed by atoms with Crippen LogP contribution in [0.1, 0.15) is 114 Å². The normalized spacial score (nSPS) is 11.9. The number of methoxy groups -OCH3 is 2. The Morgan fingerprint density at radius 3 is 1.15 bits per heavy atom. The summed E-state index contributed by atoms with van der Waals surface area (Å²) in [5, 5.41) is 0.643. The molecule has 0 spiro atoms. The first-order chi connectivity index (χ1) is 46.0. The summed E-state index contributed by atoms with van der Waals surface area (Å²) in [7, 11) is -13.1. The van der Waals surface area contributed by atoms with Crippen LogP contribution in [0.2, 0.25) is 0 Å². The van der Waals surface area contributed by atoms with Gasteiger partial charge in [-0.05, 0) is 176 Å². The molecule has 524 valence electrons. The number of rotatable bonds is 32. The topological polar surface area (TPSA) is 193 Å². The van der Waals surface area contributed by atoms with Crippen LogP contribution >= 0.6 is 38.3 Å². The molecule has 0 saturated carbocycles. The zero-order valence-electron chi connectivity index (χ0n) is 60.3. The van der Waals surface area contributed by atoms with E-state index in [0.29, 0.717) is 83.7 Å². The van der Waals surface area contributed by atoms with Crippen molar-refractivity contribution in [1.29, 1.82) is 0 Å². The van der Waals surface area contributed by atoms with Crippen molar-refractivity contribution < 1.29 is 105 Å². The van der Waals surface area contributed by atoms with Gasteiger partial charge in [-0.15, -0.1) is 18.2 Å². The predicted molar refractivity (Wildman–Crippen MR) is 393 cm³/mol. The van der Waals surface area contributed by atoms with E-state index in [1.807, 2.05) is 107 Å². The van der Waals surface area contributed by atoms with Crippen molar-refractivity contribution >= 4 is 57.9 Å². The van der Waals surface area contributed by atoms with E-state index in [9.17, 15) is 30.5 Å². The number of benzene rings is 8. The number of alkyl halides is 1. The van der Waals surface area contributed by atoms with Gasteiger partial charge in [-0.25, -0.2) is 16.8 Å². The van der Waals surface area contributed by atoms with E-state index in [1.54, 1.807) is 96.5 Å². The minimum absolute atomic E-state index is 0. The first-order valence-corrected chi connectivity index (χ1v) is 42.3. The molecular formula is C76H94BrLi2O15P3S2. The van der Waals surface area contributed by atoms with Gasteiger partial charge in [0.05, 0.1) is 69.9 Å². The molecule has 99 heavy (non-hydrogen) atoms. The molecule has 0 aromatic heterocycles. The van der Waals surface area contributed by atoms with Gasteiger partial charge in [0.1, 0.15) is 28.7 Å². The second-order valence-electron chi connectivity index (χ2n) is 23.9. The Morgan fingerprint density at radius 1 is 0.414 bits per heavy atom. The Morgan fingerprint density at radius 2 is 0.768 bits per heavy atom. The molecule has 15 nitrogen and oxygen atoms in total. The van der Waals surface area contributed by atoms with Crippen LogP contribution < -0.4 is 56.7 Å². The van der Waals surface area contributed by atoms with Crippen LogP contribution in [0, 0.1) is 26.0 Å². The second kappa shape index (κ2) is 39.6. The smallest absolute Gasteiger partial charge is 0.517 e. The first-order valence-electron chi connectivity index (χ1n) is 32.5. The van der Waals surface area contributed by atoms with Crippen molar-refractivity contribution in [2.75, 3.05) is 76.8 Å². The van der Waals surface area contributed by atoms with Gasteiger partial charge in [-0.3, -0.25) is 9.13 Å². The minimum Gasteiger partial charge on any atom is -0.517 e. The van der Waals surface area contributed by atoms with Gasteiger partial charge in [0.15, 0.2) is 9.84 Å². The Labute approximate surface area is 622 Å². The maximum atomic E-state index is 14.5. The number of aryl methyl sites for hydroxylation is 4. The standard InChI is InChI=1S/C41H54O8P2S.C29H26O4S.C6H14BrO3P.2Li/c1-9-47-51(43,48-10-2)28-26-33-30-38(49-37-20-16-35(17-21-37)41(6,7)34-14-18-36(46-8)19-15-34)22-24-40(33)52(44,45)39-23-13-31(5)29-32(39)25-27-50(42,11-3)12-4;1-21-5-17-27(18-6-21)34(30,31)28-19-15-26(16-20-28)33-25-13-9-23(10-14-25)29(2,3)22-7-11-24(32-4)12-8-22;1-3-9-11(8,6-5-7)10-4-2;;/h13-24,29-30H,9-12,25-28H2,1-8H3;5-17,19H,1-4H3;3-6H2,1-2H3;;/q;-2;;2*+1. The molecule has 0 saturated heterocycles. The fourth-order valence-electron chi connectivity index (χ4n) is 10.6. The summed E-state index contributed by atoms with van der Waals surface area (Å²) in [6, 6.07) is 57.3. The second-order valence-corrected chi connectivity index (χ2v) is 36.7. The Kier molecular flexibility index (Phi) is 34.6. The van der Waals surface area contributed by atoms with Crippen molar-refractivity contribution in [3.63, 3.8) is 0 Å². The molecule has 23 heteroatoms. The summed E-state index contributed by atoms with van der Waals surface area (Å²) in [4.78, 5) is 0.476. The molecule has 0 bridgehead atoms. The molecule has 0 heterocycles. The van der Waals surface area contributed by atoms with Crippen LogP contribution in [0.5, 0.6) is 34.5 Å². The van der Waals surface area contributed by atoms with Gasteiger partial charge in [-0.2, -0.15) is 35.9 Å². The van der Waals surface area contributed by atoms with E-state index < -0.39 is 42.0 Å². The van der Waals surface area contributed by atoms with Crippen molar-refractivity contribution in [2.45, 2.75) is 126 Å². The summed E-state index contributed by atoms with van der Waals surface area (Å²) in [5.74, 6) is 3.82. The van der Waals surface area contributed by atoms with Crippen molar-refractivity contribution in [3.05, 3.63) is 226 Å². The molecule has 0 atom stereocenters. The molecule has 0 N–H and O–H groups in total. The summed E-state index contributed by atoms with van der Waals surface area (Å²) in [6.45, 7) is 24.7. The van der Waals surface area contributed by atoms with Crippen LogP contribution in [0.4, 0.5) is 0 Å². The maximum absolute atomic E-state index is 14.5. The fourth-order valence-corrected chi connectivity index (χ4v) is 19.5. The summed E-state index contributed by atoms with van der Waals surface area (Å²) in [5.41, 5.74) is 7.04. The average Bonchev–Trinajstić information content (AvgIpc) is 0.773. The third-order valence-electron chi connectivity index (χ3n) is 16.6. The number of hydrogen-bond acceptors (Lipinski definition) is 15. The third kappa shape index (κ3) is 24.1. The quantitative estimate of drug-likeness (QED) is 0.0167. The van der Waals surface area contributed by atoms with Crippen molar-refractivity contribution in [3.8, 4) is 34.5 Å². The fraction of sp³-hybridized carbons (Fsp3) is 0.368. The monoisotopic (exact) mass is 1500 g/mol. The zero-order chi connectivity index (χ0) is 71.2. The summed E-state index contributed by atoms with van der Waals surface area (Å²) >= 11 is 3.19. The molecule has 0 aliphatic heterocycles. The van der Waals surface area contributed by atoms with E-state index in [1.165, 1.54) is 17.7 Å². The number of halogens is 1. The van der Waals surface area contributed by atoms with Gasteiger partial charge in [0, 0.05) is 28.1 Å². The molecule has 8 aromatic rings. The van der Waals surface area contributed by atoms with Crippen LogP contribution in [0.15, 0.2) is 189 Å². The zero-order valence-corrected chi connectivity index (χ0v) is 66.2. The summed E-state index contributed by atoms with van der Waals surface area (Å²) in [6.07, 6.45) is 2.52. The van der Waals surface area contributed by atoms with Gasteiger partial charge in [0.25, 0.3) is 0 Å². The molecule has 8 aromatic carbocycles. The van der Waals surface area contributed by atoms with Crippen molar-refractivity contribution in [1.82, 2.24) is 0 Å². The van der Waals surface area contributed by atoms with Crippen LogP contribution in [-0.2, 0) is 75.1 Å². The van der Waals surface area contributed by atoms with Gasteiger partial charge < -0.3 is 41.6 Å². The van der Waals surface area contributed by atoms with E-state index >= 15 is 0 Å². The Balaban J connectivity index is 0.000000378. The largest absolute Gasteiger partial charge is 1.00 e. The minimum atomic E-state index is -4.06. The first kappa shape index (κ1) is 86.5. The van der Waals surface area contributed by atoms with Gasteiger partial charge in [0.2, 0.25) is 9.84 Å². The average molecular weight is 1500 g/mol. The van der Waals surface area contributed by atoms with Gasteiger partial charge in [-0.1, -0.05) is 131 Å². The SMILES string of the molecule is CCOP(=O)(CCBr)OCC.CCOP(=O)(CCc1cc(Oc2ccc(C(C)(C)c3ccc(OC)cc3)cc2)ccc1S(=O)(=O)c1ccc(C)cc1CCP(=O)(CC)CC)OCC.COc1ccc(C(C)(C)c2ccc(Oc3c[c-]c(S(=O)(=O)c4[c-]cc(C)cc4)cc3)cc2)cc1.[Li+].[Li+]. The maximum Gasteiger partial charge on any atom is 1.00 e. The summed E-state index contributed by atoms with van der Waals surface area (Å²) < 4.78 is 137. The van der Waals surface area contributed by atoms with Gasteiger partial charge >= 0.3 is 52.9 Å². The van der Waals surface area contributed by atoms with Crippen LogP contribution in [0.25, 0.3) is 0 Å². The third-order valence-corrected chi connectivity index (χ3v) is 28.7. The molecule has 0 radical (unpaired) electrons. The molecule has 0 unspecified atom stereocenters. The van der Waals surface area contributed by atoms with Crippen LogP contribution in [-0.4, -0.2) is 93.6 Å². The van der Waals surface area contributed by atoms with Crippen molar-refractivity contribution in [2.24, 2.45) is 0 Å². The number of hydrogen-bond donors (Lipinski definition) is 0. The molecule has 0 aliphatic carbocycles. The molecule has 0 aliphatic rings. The van der Waals surface area contributed by atoms with Crippen LogP contribution in [0.3, 0.4) is 0 Å².